The summed E-state index contributed by atoms with van der Waals surface area (Å²) >= 11 is 7.58. The molecule has 0 radical (unpaired) electrons. The Morgan fingerprint density at radius 3 is 2.68 bits per heavy atom. The Hall–Kier alpha value is -2.22. The van der Waals surface area contributed by atoms with Crippen LogP contribution in [0.4, 0.5) is 11.5 Å². The maximum absolute atomic E-state index is 13.0. The largest absolute Gasteiger partial charge is 0.378 e. The van der Waals surface area contributed by atoms with E-state index in [1.807, 2.05) is 39.0 Å². The van der Waals surface area contributed by atoms with Crippen molar-refractivity contribution in [3.05, 3.63) is 45.1 Å². The van der Waals surface area contributed by atoms with Gasteiger partial charge in [-0.05, 0) is 44.0 Å². The van der Waals surface area contributed by atoms with E-state index in [-0.39, 0.29) is 5.91 Å². The van der Waals surface area contributed by atoms with E-state index < -0.39 is 0 Å². The van der Waals surface area contributed by atoms with Crippen LogP contribution >= 0.6 is 22.9 Å². The van der Waals surface area contributed by atoms with Gasteiger partial charge < -0.3 is 15.0 Å². The third-order valence-corrected chi connectivity index (χ3v) is 6.51. The van der Waals surface area contributed by atoms with Crippen molar-refractivity contribution in [2.45, 2.75) is 20.8 Å². The van der Waals surface area contributed by atoms with Crippen LogP contribution in [-0.4, -0.2) is 42.2 Å². The number of fused-ring (bicyclic) bond motifs is 1. The van der Waals surface area contributed by atoms with Crippen molar-refractivity contribution in [1.29, 1.82) is 0 Å². The van der Waals surface area contributed by atoms with Crippen LogP contribution in [0, 0.1) is 20.8 Å². The number of hydrogen-bond acceptors (Lipinski definition) is 6. The summed E-state index contributed by atoms with van der Waals surface area (Å²) in [5.41, 5.74) is 2.46. The smallest absolute Gasteiger partial charge is 0.266 e. The zero-order chi connectivity index (χ0) is 19.8. The summed E-state index contributed by atoms with van der Waals surface area (Å²) in [6.45, 7) is 8.65. The predicted octanol–water partition coefficient (Wildman–Crippen LogP) is 4.36. The average molecular weight is 417 g/mol. The van der Waals surface area contributed by atoms with Gasteiger partial charge in [-0.25, -0.2) is 9.97 Å². The molecule has 3 heterocycles. The second kappa shape index (κ2) is 7.66. The van der Waals surface area contributed by atoms with Crippen molar-refractivity contribution >= 4 is 50.6 Å². The number of rotatable bonds is 3. The Kier molecular flexibility index (Phi) is 5.23. The van der Waals surface area contributed by atoms with E-state index >= 15 is 0 Å². The van der Waals surface area contributed by atoms with Crippen molar-refractivity contribution in [3.63, 3.8) is 0 Å². The Balaban J connectivity index is 1.75. The minimum Gasteiger partial charge on any atom is -0.378 e. The Morgan fingerprint density at radius 2 is 1.93 bits per heavy atom. The van der Waals surface area contributed by atoms with E-state index in [0.29, 0.717) is 34.6 Å². The fraction of sp³-hybridized carbons (Fsp3) is 0.350. The molecule has 4 rings (SSSR count). The first-order chi connectivity index (χ1) is 13.5. The van der Waals surface area contributed by atoms with Gasteiger partial charge in [-0.3, -0.25) is 4.79 Å². The number of carbonyl (C=O) groups is 1. The zero-order valence-electron chi connectivity index (χ0n) is 16.0. The average Bonchev–Trinajstić information content (AvgIpc) is 3.02. The van der Waals surface area contributed by atoms with Gasteiger partial charge in [-0.1, -0.05) is 17.7 Å². The third-order valence-electron chi connectivity index (χ3n) is 4.92. The molecule has 0 bridgehead atoms. The van der Waals surface area contributed by atoms with Gasteiger partial charge >= 0.3 is 0 Å². The minimum absolute atomic E-state index is 0.156. The molecule has 28 heavy (non-hydrogen) atoms. The predicted molar refractivity (Wildman–Crippen MR) is 114 cm³/mol. The van der Waals surface area contributed by atoms with Crippen molar-refractivity contribution < 1.29 is 9.53 Å². The van der Waals surface area contributed by atoms with E-state index in [0.717, 1.165) is 40.3 Å². The lowest BCUT2D eigenvalue weighted by molar-refractivity contribution is 0.103. The molecule has 0 atom stereocenters. The molecular weight excluding hydrogens is 396 g/mol. The third kappa shape index (κ3) is 3.45. The topological polar surface area (TPSA) is 67.4 Å². The molecule has 1 N–H and O–H groups in total. The molecule has 1 fully saturated rings. The molecule has 6 nitrogen and oxygen atoms in total. The first kappa shape index (κ1) is 19.1. The van der Waals surface area contributed by atoms with Crippen LogP contribution in [0.1, 0.15) is 26.6 Å². The number of nitrogens with one attached hydrogen (secondary N) is 1. The van der Waals surface area contributed by atoms with Crippen LogP contribution in [0.25, 0.3) is 10.2 Å². The quantitative estimate of drug-likeness (QED) is 0.687. The second-order valence-corrected chi connectivity index (χ2v) is 8.20. The van der Waals surface area contributed by atoms with Gasteiger partial charge in [-0.2, -0.15) is 0 Å². The minimum atomic E-state index is -0.156. The maximum Gasteiger partial charge on any atom is 0.266 e. The number of nitrogens with zero attached hydrogens (tertiary/aromatic N) is 3. The lowest BCUT2D eigenvalue weighted by atomic mass is 10.1. The highest BCUT2D eigenvalue weighted by Crippen LogP contribution is 2.36. The highest BCUT2D eigenvalue weighted by atomic mass is 35.5. The summed E-state index contributed by atoms with van der Waals surface area (Å²) in [6.07, 6.45) is 0. The Labute approximate surface area is 172 Å². The number of carbonyl (C=O) groups excluding carboxylic acids is 1. The fourth-order valence-electron chi connectivity index (χ4n) is 3.36. The van der Waals surface area contributed by atoms with Crippen LogP contribution in [0.2, 0.25) is 5.02 Å². The molecule has 1 aliphatic heterocycles. The van der Waals surface area contributed by atoms with Crippen molar-refractivity contribution in [2.75, 3.05) is 36.5 Å². The van der Waals surface area contributed by atoms with Crippen LogP contribution in [0.15, 0.2) is 18.2 Å². The summed E-state index contributed by atoms with van der Waals surface area (Å²) in [6, 6.07) is 5.49. The van der Waals surface area contributed by atoms with Crippen molar-refractivity contribution in [2.24, 2.45) is 0 Å². The van der Waals surface area contributed by atoms with Gasteiger partial charge in [0.2, 0.25) is 0 Å². The lowest BCUT2D eigenvalue weighted by Gasteiger charge is -2.28. The molecule has 1 amide bonds. The van der Waals surface area contributed by atoms with Gasteiger partial charge in [0.25, 0.3) is 5.91 Å². The standard InChI is InChI=1S/C20H21ClN4O2S/c1-11-14(21)5-4-6-15(11)24-19(26)17-12(2)16-18(25-7-9-27-10-8-25)22-13(3)23-20(16)28-17/h4-6H,7-10H2,1-3H3,(H,24,26). The normalized spacial score (nSPS) is 14.5. The van der Waals surface area contributed by atoms with Crippen molar-refractivity contribution in [1.82, 2.24) is 9.97 Å². The summed E-state index contributed by atoms with van der Waals surface area (Å²) in [5, 5.41) is 4.56. The van der Waals surface area contributed by atoms with E-state index in [4.69, 9.17) is 16.3 Å². The van der Waals surface area contributed by atoms with E-state index in [1.165, 1.54) is 11.3 Å². The molecular formula is C20H21ClN4O2S. The number of amides is 1. The maximum atomic E-state index is 13.0. The molecule has 0 unspecified atom stereocenters. The van der Waals surface area contributed by atoms with Gasteiger partial charge in [0.05, 0.1) is 23.5 Å². The number of benzene rings is 1. The lowest BCUT2D eigenvalue weighted by Crippen LogP contribution is -2.37. The molecule has 0 saturated carbocycles. The first-order valence-corrected chi connectivity index (χ1v) is 10.3. The van der Waals surface area contributed by atoms with Crippen LogP contribution in [-0.2, 0) is 4.74 Å². The van der Waals surface area contributed by atoms with Crippen LogP contribution < -0.4 is 10.2 Å². The molecule has 8 heteroatoms. The zero-order valence-corrected chi connectivity index (χ0v) is 17.6. The monoisotopic (exact) mass is 416 g/mol. The molecule has 1 aromatic carbocycles. The van der Waals surface area contributed by atoms with Crippen molar-refractivity contribution in [3.8, 4) is 0 Å². The number of anilines is 2. The highest BCUT2D eigenvalue weighted by Gasteiger charge is 2.24. The Bertz CT molecular complexity index is 1060. The van der Waals surface area contributed by atoms with E-state index in [2.05, 4.69) is 20.2 Å². The van der Waals surface area contributed by atoms with Gasteiger partial charge in [-0.15, -0.1) is 11.3 Å². The van der Waals surface area contributed by atoms with E-state index in [1.54, 1.807) is 0 Å². The molecule has 0 aliphatic carbocycles. The fourth-order valence-corrected chi connectivity index (χ4v) is 4.65. The van der Waals surface area contributed by atoms with E-state index in [9.17, 15) is 4.79 Å². The number of hydrogen-bond donors (Lipinski definition) is 1. The van der Waals surface area contributed by atoms with Crippen LogP contribution in [0.3, 0.4) is 0 Å². The van der Waals surface area contributed by atoms with Crippen LogP contribution in [0.5, 0.6) is 0 Å². The highest BCUT2D eigenvalue weighted by molar-refractivity contribution is 7.20. The molecule has 1 aliphatic rings. The van der Waals surface area contributed by atoms with Gasteiger partial charge in [0.1, 0.15) is 16.5 Å². The molecule has 0 spiro atoms. The summed E-state index contributed by atoms with van der Waals surface area (Å²) in [4.78, 5) is 26.0. The first-order valence-electron chi connectivity index (χ1n) is 9.12. The number of morpholine rings is 1. The van der Waals surface area contributed by atoms with Gasteiger partial charge in [0, 0.05) is 23.8 Å². The summed E-state index contributed by atoms with van der Waals surface area (Å²) in [7, 11) is 0. The SMILES string of the molecule is Cc1nc(N2CCOCC2)c2c(C)c(C(=O)Nc3cccc(Cl)c3C)sc2n1. The molecule has 146 valence electrons. The molecule has 2 aromatic heterocycles. The number of ether oxygens (including phenoxy) is 1. The summed E-state index contributed by atoms with van der Waals surface area (Å²) in [5.74, 6) is 1.43. The Morgan fingerprint density at radius 1 is 1.18 bits per heavy atom. The molecule has 1 saturated heterocycles. The molecule has 3 aromatic rings. The number of thiophene rings is 1. The number of aryl methyl sites for hydroxylation is 2. The second-order valence-electron chi connectivity index (χ2n) is 6.80. The summed E-state index contributed by atoms with van der Waals surface area (Å²) < 4.78 is 5.47. The number of aromatic nitrogens is 2. The number of halogens is 1. The van der Waals surface area contributed by atoms with Gasteiger partial charge in [0.15, 0.2) is 0 Å².